The van der Waals surface area contributed by atoms with Crippen molar-refractivity contribution in [1.29, 1.82) is 0 Å². The minimum Gasteiger partial charge on any atom is -0.489 e. The van der Waals surface area contributed by atoms with E-state index in [1.54, 1.807) is 0 Å². The Bertz CT molecular complexity index is 334. The Balaban J connectivity index is 2.20. The van der Waals surface area contributed by atoms with Crippen LogP contribution >= 0.6 is 22.6 Å². The molecule has 3 heteroatoms. The van der Waals surface area contributed by atoms with E-state index in [2.05, 4.69) is 47.5 Å². The van der Waals surface area contributed by atoms with E-state index in [4.69, 9.17) is 4.74 Å². The van der Waals surface area contributed by atoms with Crippen molar-refractivity contribution in [2.24, 2.45) is 0 Å². The topological polar surface area (TPSA) is 22.1 Å². The Hall–Kier alpha value is -0.320. The van der Waals surface area contributed by atoms with Gasteiger partial charge in [0.1, 0.15) is 9.45 Å². The molecule has 0 N–H and O–H groups in total. The second-order valence-electron chi connectivity index (χ2n) is 4.02. The standard InChI is InChI=1S/C11H14INO/c1-7(2)10-5-9(6-13-11(10)12)14-8-3-4-8/h5-8H,3-4H2,1-2H3. The first-order valence-electron chi connectivity index (χ1n) is 4.99. The number of rotatable bonds is 3. The van der Waals surface area contributed by atoms with Crippen molar-refractivity contribution in [3.63, 3.8) is 0 Å². The van der Waals surface area contributed by atoms with Crippen LogP contribution < -0.4 is 4.74 Å². The molecule has 1 aliphatic rings. The van der Waals surface area contributed by atoms with E-state index in [-0.39, 0.29) is 0 Å². The van der Waals surface area contributed by atoms with Gasteiger partial charge >= 0.3 is 0 Å². The lowest BCUT2D eigenvalue weighted by molar-refractivity contribution is 0.301. The van der Waals surface area contributed by atoms with Gasteiger partial charge in [0.15, 0.2) is 0 Å². The van der Waals surface area contributed by atoms with Gasteiger partial charge < -0.3 is 4.74 Å². The molecule has 0 bridgehead atoms. The maximum absolute atomic E-state index is 5.71. The predicted octanol–water partition coefficient (Wildman–Crippen LogP) is 3.35. The van der Waals surface area contributed by atoms with Crippen LogP contribution in [0.2, 0.25) is 0 Å². The highest BCUT2D eigenvalue weighted by Gasteiger charge is 2.23. The highest BCUT2D eigenvalue weighted by molar-refractivity contribution is 14.1. The third-order valence-corrected chi connectivity index (χ3v) is 3.19. The molecule has 0 amide bonds. The molecular weight excluding hydrogens is 289 g/mol. The average Bonchev–Trinajstić information content (AvgIpc) is 2.92. The highest BCUT2D eigenvalue weighted by atomic mass is 127. The molecular formula is C11H14INO. The van der Waals surface area contributed by atoms with Crippen molar-refractivity contribution in [2.75, 3.05) is 0 Å². The van der Waals surface area contributed by atoms with E-state index in [0.29, 0.717) is 12.0 Å². The second kappa shape index (κ2) is 4.04. The number of nitrogens with zero attached hydrogens (tertiary/aromatic N) is 1. The van der Waals surface area contributed by atoms with Gasteiger partial charge in [-0.05, 0) is 53.0 Å². The van der Waals surface area contributed by atoms with Crippen LogP contribution in [0.25, 0.3) is 0 Å². The molecule has 0 aliphatic heterocycles. The van der Waals surface area contributed by atoms with Crippen molar-refractivity contribution >= 4 is 22.6 Å². The first-order valence-corrected chi connectivity index (χ1v) is 6.07. The average molecular weight is 303 g/mol. The summed E-state index contributed by atoms with van der Waals surface area (Å²) >= 11 is 2.27. The second-order valence-corrected chi connectivity index (χ2v) is 5.04. The van der Waals surface area contributed by atoms with Gasteiger partial charge in [-0.3, -0.25) is 0 Å². The lowest BCUT2D eigenvalue weighted by Gasteiger charge is -2.10. The lowest BCUT2D eigenvalue weighted by Crippen LogP contribution is -2.00. The normalized spacial score (nSPS) is 16.0. The van der Waals surface area contributed by atoms with E-state index in [1.165, 1.54) is 18.4 Å². The summed E-state index contributed by atoms with van der Waals surface area (Å²) < 4.78 is 6.79. The van der Waals surface area contributed by atoms with Crippen LogP contribution in [0, 0.1) is 3.70 Å². The van der Waals surface area contributed by atoms with Crippen molar-refractivity contribution in [3.05, 3.63) is 21.5 Å². The molecule has 2 rings (SSSR count). The van der Waals surface area contributed by atoms with Crippen LogP contribution in [0.4, 0.5) is 0 Å². The van der Waals surface area contributed by atoms with E-state index >= 15 is 0 Å². The summed E-state index contributed by atoms with van der Waals surface area (Å²) in [5, 5.41) is 0. The van der Waals surface area contributed by atoms with Crippen LogP contribution in [-0.4, -0.2) is 11.1 Å². The largest absolute Gasteiger partial charge is 0.489 e. The number of pyridine rings is 1. The summed E-state index contributed by atoms with van der Waals surface area (Å²) in [6.07, 6.45) is 4.68. The molecule has 1 saturated carbocycles. The molecule has 0 saturated heterocycles. The van der Waals surface area contributed by atoms with E-state index < -0.39 is 0 Å². The summed E-state index contributed by atoms with van der Waals surface area (Å²) in [5.41, 5.74) is 1.28. The summed E-state index contributed by atoms with van der Waals surface area (Å²) in [6, 6.07) is 2.12. The molecule has 1 fully saturated rings. The van der Waals surface area contributed by atoms with Gasteiger partial charge in [-0.1, -0.05) is 13.8 Å². The molecule has 0 spiro atoms. The fraction of sp³-hybridized carbons (Fsp3) is 0.545. The lowest BCUT2D eigenvalue weighted by atomic mass is 10.1. The van der Waals surface area contributed by atoms with Gasteiger partial charge in [0.2, 0.25) is 0 Å². The van der Waals surface area contributed by atoms with Crippen molar-refractivity contribution in [3.8, 4) is 5.75 Å². The zero-order valence-electron chi connectivity index (χ0n) is 8.46. The summed E-state index contributed by atoms with van der Waals surface area (Å²) in [4.78, 5) is 4.34. The molecule has 0 atom stereocenters. The highest BCUT2D eigenvalue weighted by Crippen LogP contribution is 2.29. The quantitative estimate of drug-likeness (QED) is 0.631. The molecule has 14 heavy (non-hydrogen) atoms. The van der Waals surface area contributed by atoms with Crippen molar-refractivity contribution in [1.82, 2.24) is 4.98 Å². The molecule has 0 aromatic carbocycles. The van der Waals surface area contributed by atoms with Crippen LogP contribution in [0.15, 0.2) is 12.3 Å². The zero-order valence-corrected chi connectivity index (χ0v) is 10.6. The Labute approximate surface area is 98.2 Å². The summed E-state index contributed by atoms with van der Waals surface area (Å²) in [7, 11) is 0. The molecule has 0 unspecified atom stereocenters. The van der Waals surface area contributed by atoms with Gasteiger partial charge in [0.25, 0.3) is 0 Å². The molecule has 1 aromatic rings. The zero-order chi connectivity index (χ0) is 10.1. The van der Waals surface area contributed by atoms with Crippen LogP contribution in [0.5, 0.6) is 5.75 Å². The number of hydrogen-bond acceptors (Lipinski definition) is 2. The smallest absolute Gasteiger partial charge is 0.138 e. The molecule has 1 heterocycles. The fourth-order valence-corrected chi connectivity index (χ4v) is 2.21. The van der Waals surface area contributed by atoms with Crippen LogP contribution in [-0.2, 0) is 0 Å². The van der Waals surface area contributed by atoms with Crippen LogP contribution in [0.1, 0.15) is 38.2 Å². The maximum atomic E-state index is 5.71. The summed E-state index contributed by atoms with van der Waals surface area (Å²) in [5.74, 6) is 1.44. The Morgan fingerprint density at radius 2 is 2.21 bits per heavy atom. The number of hydrogen-bond donors (Lipinski definition) is 0. The Morgan fingerprint density at radius 3 is 2.79 bits per heavy atom. The predicted molar refractivity (Wildman–Crippen MR) is 64.7 cm³/mol. The van der Waals surface area contributed by atoms with Gasteiger partial charge in [-0.25, -0.2) is 4.98 Å². The van der Waals surface area contributed by atoms with E-state index in [1.807, 2.05) is 6.20 Å². The molecule has 0 radical (unpaired) electrons. The van der Waals surface area contributed by atoms with Crippen molar-refractivity contribution < 1.29 is 4.74 Å². The first kappa shape index (κ1) is 10.2. The van der Waals surface area contributed by atoms with Gasteiger partial charge in [0.05, 0.1) is 12.3 Å². The third-order valence-electron chi connectivity index (χ3n) is 2.29. The molecule has 1 aromatic heterocycles. The minimum atomic E-state index is 0.455. The van der Waals surface area contributed by atoms with E-state index in [9.17, 15) is 0 Å². The minimum absolute atomic E-state index is 0.455. The number of aromatic nitrogens is 1. The third kappa shape index (κ3) is 2.38. The van der Waals surface area contributed by atoms with Crippen molar-refractivity contribution in [2.45, 2.75) is 38.7 Å². The SMILES string of the molecule is CC(C)c1cc(OC2CC2)cnc1I. The van der Waals surface area contributed by atoms with E-state index in [0.717, 1.165) is 9.45 Å². The van der Waals surface area contributed by atoms with Gasteiger partial charge in [-0.2, -0.15) is 0 Å². The number of ether oxygens (including phenoxy) is 1. The first-order chi connectivity index (χ1) is 6.66. The van der Waals surface area contributed by atoms with Gasteiger partial charge in [-0.15, -0.1) is 0 Å². The number of halogens is 1. The maximum Gasteiger partial charge on any atom is 0.138 e. The monoisotopic (exact) mass is 303 g/mol. The Morgan fingerprint density at radius 1 is 1.50 bits per heavy atom. The Kier molecular flexibility index (Phi) is 2.95. The molecule has 76 valence electrons. The molecule has 2 nitrogen and oxygen atoms in total. The van der Waals surface area contributed by atoms with Gasteiger partial charge in [0, 0.05) is 0 Å². The fourth-order valence-electron chi connectivity index (χ4n) is 1.29. The summed E-state index contributed by atoms with van der Waals surface area (Å²) in [6.45, 7) is 4.36. The molecule has 1 aliphatic carbocycles. The van der Waals surface area contributed by atoms with Crippen LogP contribution in [0.3, 0.4) is 0 Å².